The van der Waals surface area contributed by atoms with E-state index < -0.39 is 0 Å². The zero-order valence-corrected chi connectivity index (χ0v) is 10.00. The number of thiazole rings is 1. The first-order valence-corrected chi connectivity index (χ1v) is 6.30. The van der Waals surface area contributed by atoms with Crippen molar-refractivity contribution in [1.29, 1.82) is 0 Å². The van der Waals surface area contributed by atoms with Crippen LogP contribution in [0.3, 0.4) is 0 Å². The van der Waals surface area contributed by atoms with Gasteiger partial charge < -0.3 is 10.3 Å². The summed E-state index contributed by atoms with van der Waals surface area (Å²) in [5.41, 5.74) is 7.28. The van der Waals surface area contributed by atoms with Gasteiger partial charge >= 0.3 is 0 Å². The molecule has 3 rings (SSSR count). The van der Waals surface area contributed by atoms with Crippen LogP contribution in [0.5, 0.6) is 0 Å². The molecule has 0 saturated carbocycles. The van der Waals surface area contributed by atoms with E-state index in [9.17, 15) is 0 Å². The third-order valence-electron chi connectivity index (χ3n) is 3.01. The molecule has 0 radical (unpaired) electrons. The SMILES string of the molecule is Cn1ccnc1-c1nc2c(s1)C(N)CCC2. The maximum Gasteiger partial charge on any atom is 0.168 e. The van der Waals surface area contributed by atoms with Gasteiger partial charge in [-0.1, -0.05) is 0 Å². The van der Waals surface area contributed by atoms with Crippen molar-refractivity contribution in [1.82, 2.24) is 14.5 Å². The zero-order chi connectivity index (χ0) is 11.1. The molecule has 2 aromatic rings. The normalized spacial score (nSPS) is 19.8. The molecule has 0 bridgehead atoms. The number of aromatic nitrogens is 3. The Hall–Kier alpha value is -1.20. The first-order chi connectivity index (χ1) is 7.75. The third-order valence-corrected chi connectivity index (χ3v) is 4.23. The predicted octanol–water partition coefficient (Wildman–Crippen LogP) is 1.88. The number of hydrogen-bond donors (Lipinski definition) is 1. The smallest absolute Gasteiger partial charge is 0.168 e. The van der Waals surface area contributed by atoms with Gasteiger partial charge in [-0.2, -0.15) is 0 Å². The molecule has 1 unspecified atom stereocenters. The van der Waals surface area contributed by atoms with Crippen molar-refractivity contribution in [3.8, 4) is 10.8 Å². The van der Waals surface area contributed by atoms with Gasteiger partial charge in [-0.3, -0.25) is 0 Å². The molecular formula is C11H14N4S. The van der Waals surface area contributed by atoms with Gasteiger partial charge in [0.1, 0.15) is 0 Å². The molecule has 2 N–H and O–H groups in total. The number of fused-ring (bicyclic) bond motifs is 1. The quantitative estimate of drug-likeness (QED) is 0.819. The van der Waals surface area contributed by atoms with E-state index in [1.165, 1.54) is 10.6 Å². The minimum atomic E-state index is 0.176. The Morgan fingerprint density at radius 3 is 3.12 bits per heavy atom. The Kier molecular flexibility index (Phi) is 2.29. The lowest BCUT2D eigenvalue weighted by molar-refractivity contribution is 0.573. The second-order valence-electron chi connectivity index (χ2n) is 4.19. The fourth-order valence-electron chi connectivity index (χ4n) is 2.12. The highest BCUT2D eigenvalue weighted by Gasteiger charge is 2.23. The summed E-state index contributed by atoms with van der Waals surface area (Å²) >= 11 is 1.70. The van der Waals surface area contributed by atoms with Crippen LogP contribution in [0, 0.1) is 0 Å². The molecule has 0 saturated heterocycles. The Labute approximate surface area is 98.1 Å². The van der Waals surface area contributed by atoms with Gasteiger partial charge in [0.25, 0.3) is 0 Å². The van der Waals surface area contributed by atoms with Crippen LogP contribution in [0.4, 0.5) is 0 Å². The number of rotatable bonds is 1. The minimum Gasteiger partial charge on any atom is -0.332 e. The molecule has 0 aliphatic heterocycles. The molecule has 0 amide bonds. The Morgan fingerprint density at radius 2 is 2.44 bits per heavy atom. The van der Waals surface area contributed by atoms with Crippen LogP contribution < -0.4 is 5.73 Å². The molecule has 2 aromatic heterocycles. The average molecular weight is 234 g/mol. The summed E-state index contributed by atoms with van der Waals surface area (Å²) in [7, 11) is 1.99. The molecule has 0 fully saturated rings. The number of aryl methyl sites for hydroxylation is 2. The summed E-state index contributed by atoms with van der Waals surface area (Å²) in [5.74, 6) is 0.937. The summed E-state index contributed by atoms with van der Waals surface area (Å²) in [6.07, 6.45) is 7.03. The predicted molar refractivity (Wildman–Crippen MR) is 64.2 cm³/mol. The summed E-state index contributed by atoms with van der Waals surface area (Å²) < 4.78 is 2.00. The van der Waals surface area contributed by atoms with Crippen molar-refractivity contribution in [2.24, 2.45) is 12.8 Å². The Morgan fingerprint density at radius 1 is 1.56 bits per heavy atom. The van der Waals surface area contributed by atoms with Crippen molar-refractivity contribution < 1.29 is 0 Å². The van der Waals surface area contributed by atoms with E-state index in [-0.39, 0.29) is 6.04 Å². The number of nitrogens with two attached hydrogens (primary N) is 1. The van der Waals surface area contributed by atoms with E-state index in [4.69, 9.17) is 5.73 Å². The van der Waals surface area contributed by atoms with Gasteiger partial charge in [0, 0.05) is 30.4 Å². The molecule has 84 valence electrons. The first kappa shape index (κ1) is 9.99. The minimum absolute atomic E-state index is 0.176. The van der Waals surface area contributed by atoms with E-state index >= 15 is 0 Å². The molecule has 4 nitrogen and oxygen atoms in total. The first-order valence-electron chi connectivity index (χ1n) is 5.48. The fraction of sp³-hybridized carbons (Fsp3) is 0.455. The van der Waals surface area contributed by atoms with Crippen LogP contribution >= 0.6 is 11.3 Å². The maximum absolute atomic E-state index is 6.09. The van der Waals surface area contributed by atoms with Crippen molar-refractivity contribution in [3.05, 3.63) is 23.0 Å². The Bertz CT molecular complexity index is 514. The van der Waals surface area contributed by atoms with Gasteiger partial charge in [0.2, 0.25) is 0 Å². The van der Waals surface area contributed by atoms with Gasteiger partial charge in [-0.15, -0.1) is 11.3 Å². The van der Waals surface area contributed by atoms with Crippen LogP contribution in [-0.2, 0) is 13.5 Å². The highest BCUT2D eigenvalue weighted by molar-refractivity contribution is 7.15. The van der Waals surface area contributed by atoms with Gasteiger partial charge in [0.05, 0.1) is 5.69 Å². The standard InChI is InChI=1S/C11H14N4S/c1-15-6-5-13-10(15)11-14-8-4-2-3-7(12)9(8)16-11/h5-7H,2-4,12H2,1H3. The highest BCUT2D eigenvalue weighted by atomic mass is 32.1. The Balaban J connectivity index is 2.08. The van der Waals surface area contributed by atoms with E-state index in [0.29, 0.717) is 0 Å². The average Bonchev–Trinajstić information content (AvgIpc) is 2.84. The number of imidazole rings is 1. The molecule has 0 aromatic carbocycles. The molecule has 5 heteroatoms. The molecule has 0 spiro atoms. The molecular weight excluding hydrogens is 220 g/mol. The van der Waals surface area contributed by atoms with Crippen LogP contribution in [0.1, 0.15) is 29.5 Å². The molecule has 1 aliphatic carbocycles. The third kappa shape index (κ3) is 1.47. The monoisotopic (exact) mass is 234 g/mol. The van der Waals surface area contributed by atoms with Crippen LogP contribution in [0.25, 0.3) is 10.8 Å². The van der Waals surface area contributed by atoms with Crippen molar-refractivity contribution in [3.63, 3.8) is 0 Å². The molecule has 1 aliphatic rings. The van der Waals surface area contributed by atoms with E-state index in [1.54, 1.807) is 17.5 Å². The van der Waals surface area contributed by atoms with Crippen LogP contribution in [0.2, 0.25) is 0 Å². The van der Waals surface area contributed by atoms with Crippen LogP contribution in [0.15, 0.2) is 12.4 Å². The molecule has 2 heterocycles. The van der Waals surface area contributed by atoms with Crippen molar-refractivity contribution >= 4 is 11.3 Å². The summed E-state index contributed by atoms with van der Waals surface area (Å²) in [5, 5.41) is 0.995. The van der Waals surface area contributed by atoms with E-state index in [0.717, 1.165) is 30.1 Å². The second kappa shape index (κ2) is 3.68. The van der Waals surface area contributed by atoms with E-state index in [1.807, 2.05) is 17.8 Å². The highest BCUT2D eigenvalue weighted by Crippen LogP contribution is 2.35. The maximum atomic E-state index is 6.09. The molecule has 1 atom stereocenters. The summed E-state index contributed by atoms with van der Waals surface area (Å²) in [6, 6.07) is 0.176. The molecule has 16 heavy (non-hydrogen) atoms. The number of hydrogen-bond acceptors (Lipinski definition) is 4. The van der Waals surface area contributed by atoms with Gasteiger partial charge in [-0.05, 0) is 19.3 Å². The second-order valence-corrected chi connectivity index (χ2v) is 5.22. The van der Waals surface area contributed by atoms with Crippen LogP contribution in [-0.4, -0.2) is 14.5 Å². The lowest BCUT2D eigenvalue weighted by atomic mass is 9.99. The van der Waals surface area contributed by atoms with Gasteiger partial charge in [-0.25, -0.2) is 9.97 Å². The number of nitrogens with zero attached hydrogens (tertiary/aromatic N) is 3. The summed E-state index contributed by atoms with van der Waals surface area (Å²) in [6.45, 7) is 0. The zero-order valence-electron chi connectivity index (χ0n) is 9.18. The fourth-order valence-corrected chi connectivity index (χ4v) is 3.31. The van der Waals surface area contributed by atoms with Crippen molar-refractivity contribution in [2.75, 3.05) is 0 Å². The topological polar surface area (TPSA) is 56.7 Å². The van der Waals surface area contributed by atoms with Gasteiger partial charge in [0.15, 0.2) is 10.8 Å². The summed E-state index contributed by atoms with van der Waals surface area (Å²) in [4.78, 5) is 10.2. The lowest BCUT2D eigenvalue weighted by Crippen LogP contribution is -2.15. The van der Waals surface area contributed by atoms with Crippen molar-refractivity contribution in [2.45, 2.75) is 25.3 Å². The largest absolute Gasteiger partial charge is 0.332 e. The lowest BCUT2D eigenvalue weighted by Gasteiger charge is -2.15. The van der Waals surface area contributed by atoms with E-state index in [2.05, 4.69) is 9.97 Å².